The summed E-state index contributed by atoms with van der Waals surface area (Å²) in [6.07, 6.45) is 0. The molecule has 0 saturated heterocycles. The maximum absolute atomic E-state index is 11.9. The molecule has 5 heteroatoms. The molecule has 1 rings (SSSR count). The average Bonchev–Trinajstić information content (AvgIpc) is 2.34. The van der Waals surface area contributed by atoms with Crippen LogP contribution < -0.4 is 5.32 Å². The van der Waals surface area contributed by atoms with Crippen molar-refractivity contribution in [2.45, 2.75) is 26.7 Å². The number of carbonyl (C=O) groups is 1. The van der Waals surface area contributed by atoms with Crippen molar-refractivity contribution in [2.24, 2.45) is 5.92 Å². The van der Waals surface area contributed by atoms with Gasteiger partial charge in [0.25, 0.3) is 5.91 Å². The van der Waals surface area contributed by atoms with Gasteiger partial charge in [0, 0.05) is 17.8 Å². The summed E-state index contributed by atoms with van der Waals surface area (Å²) in [5.74, 6) is -0.243. The molecular weight excluding hydrogens is 250 g/mol. The molecule has 0 fully saturated rings. The molecule has 1 aromatic heterocycles. The van der Waals surface area contributed by atoms with Gasteiger partial charge in [0.15, 0.2) is 0 Å². The van der Waals surface area contributed by atoms with Crippen LogP contribution in [0.4, 0.5) is 0 Å². The second-order valence-electron chi connectivity index (χ2n) is 4.50. The fraction of sp³-hybridized carbons (Fsp3) is 0.462. The van der Waals surface area contributed by atoms with Crippen LogP contribution in [0.25, 0.3) is 0 Å². The predicted molar refractivity (Wildman–Crippen MR) is 70.4 cm³/mol. The van der Waals surface area contributed by atoms with Crippen molar-refractivity contribution in [3.8, 4) is 6.07 Å². The number of hydrogen-bond acceptors (Lipinski definition) is 3. The van der Waals surface area contributed by atoms with Gasteiger partial charge < -0.3 is 5.32 Å². The van der Waals surface area contributed by atoms with Crippen molar-refractivity contribution >= 4 is 17.5 Å². The van der Waals surface area contributed by atoms with Crippen LogP contribution in [0, 0.1) is 17.2 Å². The lowest BCUT2D eigenvalue weighted by molar-refractivity contribution is 0.0950. The number of amides is 1. The van der Waals surface area contributed by atoms with Gasteiger partial charge in [-0.15, -0.1) is 0 Å². The predicted octanol–water partition coefficient (Wildman–Crippen LogP) is 2.75. The molecule has 0 radical (unpaired) electrons. The molecule has 1 amide bonds. The Morgan fingerprint density at radius 1 is 1.50 bits per heavy atom. The fourth-order valence-electron chi connectivity index (χ4n) is 1.34. The van der Waals surface area contributed by atoms with Gasteiger partial charge in [-0.05, 0) is 25.0 Å². The van der Waals surface area contributed by atoms with E-state index < -0.39 is 0 Å². The zero-order valence-electron chi connectivity index (χ0n) is 10.7. The van der Waals surface area contributed by atoms with Crippen LogP contribution >= 0.6 is 11.6 Å². The van der Waals surface area contributed by atoms with Gasteiger partial charge in [-0.2, -0.15) is 5.26 Å². The van der Waals surface area contributed by atoms with Crippen LogP contribution in [0.15, 0.2) is 12.1 Å². The van der Waals surface area contributed by atoms with Crippen molar-refractivity contribution in [1.29, 1.82) is 5.26 Å². The first kappa shape index (κ1) is 14.5. The maximum atomic E-state index is 11.9. The first-order chi connectivity index (χ1) is 8.43. The van der Waals surface area contributed by atoms with Crippen LogP contribution in [-0.4, -0.2) is 17.4 Å². The highest BCUT2D eigenvalue weighted by Gasteiger charge is 2.11. The molecule has 4 nitrogen and oxygen atoms in total. The Balaban J connectivity index is 2.83. The summed E-state index contributed by atoms with van der Waals surface area (Å²) in [5.41, 5.74) is 1.25. The largest absolute Gasteiger partial charge is 0.351 e. The van der Waals surface area contributed by atoms with Crippen LogP contribution in [-0.2, 0) is 0 Å². The van der Waals surface area contributed by atoms with Gasteiger partial charge in [0.2, 0.25) is 0 Å². The number of nitriles is 1. The minimum atomic E-state index is -0.233. The SMILES string of the molecule is CC(C#N)CNC(=O)c1cc(Cl)nc(C(C)C)c1. The molecule has 0 aliphatic heterocycles. The van der Waals surface area contributed by atoms with Gasteiger partial charge in [0.05, 0.1) is 12.0 Å². The molecule has 1 atom stereocenters. The number of rotatable bonds is 4. The molecule has 1 unspecified atom stereocenters. The number of carbonyl (C=O) groups excluding carboxylic acids is 1. The molecule has 0 bridgehead atoms. The summed E-state index contributed by atoms with van der Waals surface area (Å²) in [6, 6.07) is 5.31. The Hall–Kier alpha value is -1.60. The lowest BCUT2D eigenvalue weighted by atomic mass is 10.1. The van der Waals surface area contributed by atoms with Gasteiger partial charge >= 0.3 is 0 Å². The van der Waals surface area contributed by atoms with Gasteiger partial charge in [-0.3, -0.25) is 4.79 Å². The van der Waals surface area contributed by atoms with E-state index in [1.54, 1.807) is 13.0 Å². The second kappa shape index (κ2) is 6.36. The molecule has 18 heavy (non-hydrogen) atoms. The highest BCUT2D eigenvalue weighted by Crippen LogP contribution is 2.17. The van der Waals surface area contributed by atoms with E-state index in [0.29, 0.717) is 17.3 Å². The lowest BCUT2D eigenvalue weighted by Crippen LogP contribution is -2.28. The Morgan fingerprint density at radius 3 is 2.72 bits per heavy atom. The number of aromatic nitrogens is 1. The average molecular weight is 266 g/mol. The fourth-order valence-corrected chi connectivity index (χ4v) is 1.55. The Labute approximate surface area is 112 Å². The van der Waals surface area contributed by atoms with Crippen LogP contribution in [0.5, 0.6) is 0 Å². The summed E-state index contributed by atoms with van der Waals surface area (Å²) in [7, 11) is 0. The first-order valence-electron chi connectivity index (χ1n) is 5.79. The summed E-state index contributed by atoms with van der Waals surface area (Å²) >= 11 is 5.88. The Bertz CT molecular complexity index is 480. The number of nitrogens with one attached hydrogen (secondary N) is 1. The van der Waals surface area contributed by atoms with E-state index in [1.807, 2.05) is 13.8 Å². The minimum absolute atomic E-state index is 0.202. The third-order valence-electron chi connectivity index (χ3n) is 2.46. The van der Waals surface area contributed by atoms with Crippen molar-refractivity contribution < 1.29 is 4.79 Å². The molecule has 0 aromatic carbocycles. The van der Waals surface area contributed by atoms with E-state index in [9.17, 15) is 4.79 Å². The summed E-state index contributed by atoms with van der Waals surface area (Å²) in [6.45, 7) is 6.04. The second-order valence-corrected chi connectivity index (χ2v) is 4.89. The topological polar surface area (TPSA) is 65.8 Å². The normalized spacial score (nSPS) is 12.0. The van der Waals surface area contributed by atoms with E-state index in [-0.39, 0.29) is 17.7 Å². The van der Waals surface area contributed by atoms with Gasteiger partial charge in [-0.25, -0.2) is 4.98 Å². The number of hydrogen-bond donors (Lipinski definition) is 1. The summed E-state index contributed by atoms with van der Waals surface area (Å²) < 4.78 is 0. The van der Waals surface area contributed by atoms with E-state index in [1.165, 1.54) is 6.07 Å². The van der Waals surface area contributed by atoms with Gasteiger partial charge in [0.1, 0.15) is 5.15 Å². The third-order valence-corrected chi connectivity index (χ3v) is 2.65. The van der Waals surface area contributed by atoms with E-state index in [2.05, 4.69) is 16.4 Å². The highest BCUT2D eigenvalue weighted by atomic mass is 35.5. The zero-order valence-corrected chi connectivity index (χ0v) is 11.5. The smallest absolute Gasteiger partial charge is 0.251 e. The maximum Gasteiger partial charge on any atom is 0.251 e. The van der Waals surface area contributed by atoms with Crippen molar-refractivity contribution in [1.82, 2.24) is 10.3 Å². The minimum Gasteiger partial charge on any atom is -0.351 e. The standard InChI is InChI=1S/C13H16ClN3O/c1-8(2)11-4-10(5-12(14)17-11)13(18)16-7-9(3)6-15/h4-5,8-9H,7H2,1-3H3,(H,16,18). The van der Waals surface area contributed by atoms with Crippen molar-refractivity contribution in [3.63, 3.8) is 0 Å². The van der Waals surface area contributed by atoms with Crippen LogP contribution in [0.1, 0.15) is 42.7 Å². The monoisotopic (exact) mass is 265 g/mol. The molecule has 1 heterocycles. The highest BCUT2D eigenvalue weighted by molar-refractivity contribution is 6.29. The third kappa shape index (κ3) is 4.01. The number of pyridine rings is 1. The summed E-state index contributed by atoms with van der Waals surface area (Å²) in [5, 5.41) is 11.6. The lowest BCUT2D eigenvalue weighted by Gasteiger charge is -2.09. The Kier molecular flexibility index (Phi) is 5.11. The van der Waals surface area contributed by atoms with Crippen molar-refractivity contribution in [3.05, 3.63) is 28.5 Å². The number of halogens is 1. The molecule has 0 aliphatic rings. The molecule has 96 valence electrons. The van der Waals surface area contributed by atoms with Gasteiger partial charge in [-0.1, -0.05) is 25.4 Å². The molecular formula is C13H16ClN3O. The molecule has 0 saturated carbocycles. The van der Waals surface area contributed by atoms with E-state index in [4.69, 9.17) is 16.9 Å². The molecule has 1 N–H and O–H groups in total. The zero-order chi connectivity index (χ0) is 13.7. The number of nitrogens with zero attached hydrogens (tertiary/aromatic N) is 2. The summed E-state index contributed by atoms with van der Waals surface area (Å²) in [4.78, 5) is 16.0. The van der Waals surface area contributed by atoms with E-state index >= 15 is 0 Å². The van der Waals surface area contributed by atoms with Crippen LogP contribution in [0.2, 0.25) is 5.15 Å². The first-order valence-corrected chi connectivity index (χ1v) is 6.17. The Morgan fingerprint density at radius 2 is 2.17 bits per heavy atom. The van der Waals surface area contributed by atoms with Crippen LogP contribution in [0.3, 0.4) is 0 Å². The quantitative estimate of drug-likeness (QED) is 0.852. The van der Waals surface area contributed by atoms with Crippen molar-refractivity contribution in [2.75, 3.05) is 6.54 Å². The molecule has 0 aliphatic carbocycles. The van der Waals surface area contributed by atoms with E-state index in [0.717, 1.165) is 5.69 Å². The molecule has 0 spiro atoms. The molecule has 1 aromatic rings.